The van der Waals surface area contributed by atoms with Gasteiger partial charge in [-0.15, -0.1) is 11.3 Å². The van der Waals surface area contributed by atoms with Gasteiger partial charge in [0.2, 0.25) is 5.91 Å². The summed E-state index contributed by atoms with van der Waals surface area (Å²) >= 11 is 1.38. The number of hydrogen-bond acceptors (Lipinski definition) is 5. The zero-order valence-electron chi connectivity index (χ0n) is 17.3. The number of rotatable bonds is 6. The molecule has 0 bridgehead atoms. The maximum Gasteiger partial charge on any atom is 0.325 e. The molecule has 1 aliphatic heterocycles. The average molecular weight is 427 g/mol. The molecule has 1 spiro atoms. The van der Waals surface area contributed by atoms with Gasteiger partial charge in [0.1, 0.15) is 12.1 Å². The van der Waals surface area contributed by atoms with Gasteiger partial charge in [-0.05, 0) is 31.7 Å². The first-order chi connectivity index (χ1) is 14.4. The van der Waals surface area contributed by atoms with Crippen LogP contribution < -0.4 is 10.6 Å². The molecule has 30 heavy (non-hydrogen) atoms. The Morgan fingerprint density at radius 2 is 1.93 bits per heavy atom. The van der Waals surface area contributed by atoms with Gasteiger partial charge in [-0.3, -0.25) is 14.5 Å². The monoisotopic (exact) mass is 426 g/mol. The van der Waals surface area contributed by atoms with Gasteiger partial charge < -0.3 is 10.6 Å². The minimum absolute atomic E-state index is 0.289. The number of urea groups is 1. The van der Waals surface area contributed by atoms with Gasteiger partial charge in [0, 0.05) is 10.4 Å². The third-order valence-corrected chi connectivity index (χ3v) is 6.70. The second-order valence-corrected chi connectivity index (χ2v) is 9.23. The first kappa shape index (κ1) is 20.5. The number of thiazole rings is 1. The molecule has 7 nitrogen and oxygen atoms in total. The Hall–Kier alpha value is -2.74. The number of hydrogen-bond donors (Lipinski definition) is 2. The topological polar surface area (TPSA) is 91.4 Å². The van der Waals surface area contributed by atoms with Crippen molar-refractivity contribution in [3.8, 4) is 11.3 Å². The van der Waals surface area contributed by atoms with Gasteiger partial charge in [-0.25, -0.2) is 9.78 Å². The fourth-order valence-electron chi connectivity index (χ4n) is 4.28. The van der Waals surface area contributed by atoms with E-state index >= 15 is 0 Å². The molecule has 4 amide bonds. The van der Waals surface area contributed by atoms with Gasteiger partial charge in [0.25, 0.3) is 5.91 Å². The Kier molecular flexibility index (Phi) is 5.60. The zero-order valence-corrected chi connectivity index (χ0v) is 18.1. The molecule has 158 valence electrons. The van der Waals surface area contributed by atoms with Crippen molar-refractivity contribution in [1.82, 2.24) is 15.2 Å². The van der Waals surface area contributed by atoms with E-state index in [0.717, 1.165) is 46.7 Å². The van der Waals surface area contributed by atoms with E-state index in [0.29, 0.717) is 18.0 Å². The van der Waals surface area contributed by atoms with Crippen LogP contribution in [0.15, 0.2) is 24.3 Å². The second-order valence-electron chi connectivity index (χ2n) is 8.03. The summed E-state index contributed by atoms with van der Waals surface area (Å²) in [6.07, 6.45) is 5.24. The Morgan fingerprint density at radius 1 is 1.23 bits per heavy atom. The van der Waals surface area contributed by atoms with Crippen LogP contribution in [-0.2, 0) is 16.0 Å². The van der Waals surface area contributed by atoms with Crippen LogP contribution in [0, 0.1) is 6.92 Å². The van der Waals surface area contributed by atoms with E-state index in [-0.39, 0.29) is 12.5 Å². The standard InChI is InChI=1S/C22H26N4O3S/c1-3-6-15-7-9-16(10-8-15)18-14(2)30-20(24-18)23-17(27)13-26-19(28)22(25-21(26)29)11-4-5-12-22/h7-10H,3-6,11-13H2,1-2H3,(H,25,29)(H,23,24,27). The number of benzene rings is 1. The summed E-state index contributed by atoms with van der Waals surface area (Å²) in [7, 11) is 0. The Labute approximate surface area is 179 Å². The molecule has 0 atom stereocenters. The summed E-state index contributed by atoms with van der Waals surface area (Å²) in [5.41, 5.74) is 2.32. The third-order valence-electron chi connectivity index (χ3n) is 5.81. The van der Waals surface area contributed by atoms with Gasteiger partial charge >= 0.3 is 6.03 Å². The highest BCUT2D eigenvalue weighted by Crippen LogP contribution is 2.35. The van der Waals surface area contributed by atoms with Crippen LogP contribution >= 0.6 is 11.3 Å². The summed E-state index contributed by atoms with van der Waals surface area (Å²) in [4.78, 5) is 44.0. The van der Waals surface area contributed by atoms with Crippen LogP contribution in [-0.4, -0.2) is 39.8 Å². The SMILES string of the molecule is CCCc1ccc(-c2nc(NC(=O)CN3C(=O)NC4(CCCC4)C3=O)sc2C)cc1. The van der Waals surface area contributed by atoms with Gasteiger partial charge in [0.15, 0.2) is 5.13 Å². The second kappa shape index (κ2) is 8.18. The lowest BCUT2D eigenvalue weighted by Gasteiger charge is -2.19. The smallest absolute Gasteiger partial charge is 0.323 e. The summed E-state index contributed by atoms with van der Waals surface area (Å²) < 4.78 is 0. The van der Waals surface area contributed by atoms with E-state index < -0.39 is 17.5 Å². The minimum atomic E-state index is -0.799. The number of aryl methyl sites for hydroxylation is 2. The van der Waals surface area contributed by atoms with Crippen molar-refractivity contribution >= 4 is 34.3 Å². The molecule has 1 saturated heterocycles. The normalized spacial score (nSPS) is 17.6. The molecule has 4 rings (SSSR count). The van der Waals surface area contributed by atoms with Crippen molar-refractivity contribution in [2.45, 2.75) is 57.9 Å². The van der Waals surface area contributed by atoms with E-state index in [1.165, 1.54) is 16.9 Å². The maximum absolute atomic E-state index is 12.7. The van der Waals surface area contributed by atoms with E-state index in [1.54, 1.807) is 0 Å². The van der Waals surface area contributed by atoms with Crippen molar-refractivity contribution in [3.63, 3.8) is 0 Å². The van der Waals surface area contributed by atoms with Crippen LogP contribution in [0.3, 0.4) is 0 Å². The molecule has 1 aliphatic carbocycles. The van der Waals surface area contributed by atoms with Gasteiger partial charge in [0.05, 0.1) is 5.69 Å². The fourth-order valence-corrected chi connectivity index (χ4v) is 5.13. The third kappa shape index (κ3) is 3.84. The average Bonchev–Trinajstić information content (AvgIpc) is 3.38. The first-order valence-corrected chi connectivity index (χ1v) is 11.2. The molecule has 1 aromatic heterocycles. The van der Waals surface area contributed by atoms with Crippen molar-refractivity contribution < 1.29 is 14.4 Å². The van der Waals surface area contributed by atoms with E-state index in [1.807, 2.05) is 19.1 Å². The van der Waals surface area contributed by atoms with Crippen molar-refractivity contribution in [3.05, 3.63) is 34.7 Å². The molecule has 8 heteroatoms. The van der Waals surface area contributed by atoms with Crippen molar-refractivity contribution in [2.24, 2.45) is 0 Å². The number of imide groups is 1. The lowest BCUT2D eigenvalue weighted by atomic mass is 9.98. The molecule has 2 fully saturated rings. The first-order valence-electron chi connectivity index (χ1n) is 10.4. The van der Waals surface area contributed by atoms with Crippen molar-refractivity contribution in [2.75, 3.05) is 11.9 Å². The highest BCUT2D eigenvalue weighted by Gasteiger charge is 2.52. The predicted octanol–water partition coefficient (Wildman–Crippen LogP) is 3.87. The summed E-state index contributed by atoms with van der Waals surface area (Å²) in [6.45, 7) is 3.82. The number of amides is 4. The van der Waals surface area contributed by atoms with Gasteiger partial charge in [-0.2, -0.15) is 0 Å². The quantitative estimate of drug-likeness (QED) is 0.686. The molecule has 0 radical (unpaired) electrons. The number of nitrogens with zero attached hydrogens (tertiary/aromatic N) is 2. The minimum Gasteiger partial charge on any atom is -0.323 e. The van der Waals surface area contributed by atoms with Crippen LogP contribution in [0.5, 0.6) is 0 Å². The van der Waals surface area contributed by atoms with Crippen LogP contribution in [0.1, 0.15) is 49.5 Å². The number of carbonyl (C=O) groups excluding carboxylic acids is 3. The molecule has 2 aromatic rings. The lowest BCUT2D eigenvalue weighted by Crippen LogP contribution is -2.44. The summed E-state index contributed by atoms with van der Waals surface area (Å²) in [5.74, 6) is -0.713. The summed E-state index contributed by atoms with van der Waals surface area (Å²) in [6, 6.07) is 7.82. The number of nitrogens with one attached hydrogen (secondary N) is 2. The lowest BCUT2D eigenvalue weighted by molar-refractivity contribution is -0.133. The van der Waals surface area contributed by atoms with E-state index in [2.05, 4.69) is 34.7 Å². The molecule has 1 saturated carbocycles. The Morgan fingerprint density at radius 3 is 2.60 bits per heavy atom. The molecular weight excluding hydrogens is 400 g/mol. The van der Waals surface area contributed by atoms with Gasteiger partial charge in [-0.1, -0.05) is 50.5 Å². The Bertz CT molecular complexity index is 977. The molecule has 0 unspecified atom stereocenters. The molecule has 2 aliphatic rings. The highest BCUT2D eigenvalue weighted by atomic mass is 32.1. The highest BCUT2D eigenvalue weighted by molar-refractivity contribution is 7.16. The van der Waals surface area contributed by atoms with Crippen LogP contribution in [0.25, 0.3) is 11.3 Å². The van der Waals surface area contributed by atoms with Crippen LogP contribution in [0.4, 0.5) is 9.93 Å². The number of carbonyl (C=O) groups is 3. The Balaban J connectivity index is 1.42. The molecular formula is C22H26N4O3S. The number of aromatic nitrogens is 1. The summed E-state index contributed by atoms with van der Waals surface area (Å²) in [5, 5.41) is 6.00. The molecule has 2 N–H and O–H groups in total. The van der Waals surface area contributed by atoms with E-state index in [9.17, 15) is 14.4 Å². The zero-order chi connectivity index (χ0) is 21.3. The van der Waals surface area contributed by atoms with Crippen LogP contribution in [0.2, 0.25) is 0 Å². The maximum atomic E-state index is 12.7. The predicted molar refractivity (Wildman–Crippen MR) is 116 cm³/mol. The molecule has 1 aromatic carbocycles. The van der Waals surface area contributed by atoms with E-state index in [4.69, 9.17) is 0 Å². The fraction of sp³-hybridized carbons (Fsp3) is 0.455. The van der Waals surface area contributed by atoms with Crippen molar-refractivity contribution in [1.29, 1.82) is 0 Å². The molecule has 2 heterocycles. The largest absolute Gasteiger partial charge is 0.325 e. The number of anilines is 1.